The Bertz CT molecular complexity index is 743. The Kier molecular flexibility index (Phi) is 4.04. The lowest BCUT2D eigenvalue weighted by Gasteiger charge is -2.11. The summed E-state index contributed by atoms with van der Waals surface area (Å²) in [7, 11) is 0. The van der Waals surface area contributed by atoms with Gasteiger partial charge < -0.3 is 5.11 Å². The van der Waals surface area contributed by atoms with Gasteiger partial charge in [-0.2, -0.15) is 0 Å². The van der Waals surface area contributed by atoms with E-state index in [-0.39, 0.29) is 16.5 Å². The molecule has 0 aliphatic carbocycles. The molecular weight excluding hydrogens is 276 g/mol. The van der Waals surface area contributed by atoms with Crippen LogP contribution in [0.5, 0.6) is 0 Å². The van der Waals surface area contributed by atoms with Gasteiger partial charge in [0, 0.05) is 18.3 Å². The van der Waals surface area contributed by atoms with Crippen molar-refractivity contribution in [1.29, 1.82) is 0 Å². The van der Waals surface area contributed by atoms with Crippen LogP contribution in [0.3, 0.4) is 0 Å². The Morgan fingerprint density at radius 3 is 2.80 bits per heavy atom. The van der Waals surface area contributed by atoms with Crippen molar-refractivity contribution in [3.8, 4) is 0 Å². The summed E-state index contributed by atoms with van der Waals surface area (Å²) >= 11 is 1.20. The number of carboxylic acid groups (broad SMARTS) is 1. The van der Waals surface area contributed by atoms with Crippen LogP contribution in [-0.2, 0) is 13.0 Å². The molecule has 0 aliphatic heterocycles. The minimum absolute atomic E-state index is 0.0287. The molecule has 0 unspecified atom stereocenters. The van der Waals surface area contributed by atoms with E-state index in [0.29, 0.717) is 23.6 Å². The quantitative estimate of drug-likeness (QED) is 0.860. The minimum Gasteiger partial charge on any atom is -0.478 e. The molecule has 2 aromatic heterocycles. The Hall–Kier alpha value is -1.95. The maximum atomic E-state index is 12.6. The molecule has 0 atom stereocenters. The molecule has 0 saturated carbocycles. The van der Waals surface area contributed by atoms with E-state index in [1.807, 2.05) is 13.8 Å². The average molecular weight is 292 g/mol. The lowest BCUT2D eigenvalue weighted by Crippen LogP contribution is -2.26. The van der Waals surface area contributed by atoms with Crippen molar-refractivity contribution in [1.82, 2.24) is 9.55 Å². The second kappa shape index (κ2) is 5.58. The van der Waals surface area contributed by atoms with Gasteiger partial charge >= 0.3 is 5.97 Å². The van der Waals surface area contributed by atoms with Gasteiger partial charge in [-0.1, -0.05) is 19.1 Å². The number of hydrogen-bond donors (Lipinski definition) is 1. The van der Waals surface area contributed by atoms with E-state index in [0.717, 1.165) is 12.0 Å². The normalized spacial score (nSPS) is 10.9. The Morgan fingerprint density at radius 1 is 1.55 bits per heavy atom. The molecule has 20 heavy (non-hydrogen) atoms. The summed E-state index contributed by atoms with van der Waals surface area (Å²) in [5.41, 5.74) is 0.568. The third-order valence-electron chi connectivity index (χ3n) is 2.90. The number of carbonyl (C=O) groups is 1. The summed E-state index contributed by atoms with van der Waals surface area (Å²) in [6, 6.07) is 0. The number of aromatic carboxylic acids is 1. The molecule has 106 valence electrons. The van der Waals surface area contributed by atoms with Gasteiger partial charge in [-0.15, -0.1) is 11.3 Å². The topological polar surface area (TPSA) is 72.2 Å². The maximum Gasteiger partial charge on any atom is 0.337 e. The highest BCUT2D eigenvalue weighted by Crippen LogP contribution is 2.22. The van der Waals surface area contributed by atoms with Gasteiger partial charge in [-0.25, -0.2) is 9.78 Å². The van der Waals surface area contributed by atoms with Crippen LogP contribution in [0.25, 0.3) is 10.2 Å². The number of rotatable bonds is 5. The molecule has 0 amide bonds. The number of aromatic nitrogens is 2. The molecule has 6 heteroatoms. The van der Waals surface area contributed by atoms with Gasteiger partial charge in [0.2, 0.25) is 0 Å². The van der Waals surface area contributed by atoms with Crippen LogP contribution in [0.2, 0.25) is 0 Å². The van der Waals surface area contributed by atoms with E-state index >= 15 is 0 Å². The fourth-order valence-electron chi connectivity index (χ4n) is 2.07. The predicted molar refractivity (Wildman–Crippen MR) is 79.6 cm³/mol. The second-order valence-corrected chi connectivity index (χ2v) is 5.62. The van der Waals surface area contributed by atoms with Crippen molar-refractivity contribution < 1.29 is 9.90 Å². The first-order valence-electron chi connectivity index (χ1n) is 6.34. The number of thiophene rings is 1. The van der Waals surface area contributed by atoms with Gasteiger partial charge in [-0.05, 0) is 13.3 Å². The fourth-order valence-corrected chi connectivity index (χ4v) is 2.99. The van der Waals surface area contributed by atoms with E-state index in [4.69, 9.17) is 5.11 Å². The lowest BCUT2D eigenvalue weighted by atomic mass is 10.2. The van der Waals surface area contributed by atoms with E-state index in [9.17, 15) is 9.59 Å². The molecule has 2 rings (SSSR count). The van der Waals surface area contributed by atoms with Crippen molar-refractivity contribution in [2.45, 2.75) is 33.2 Å². The van der Waals surface area contributed by atoms with Crippen molar-refractivity contribution >= 4 is 27.5 Å². The molecular formula is C14H16N2O3S. The SMILES string of the molecule is C=C(C)Cn1c(CCC)nc2scc(C(=O)O)c2c1=O. The molecule has 2 heterocycles. The molecule has 0 bridgehead atoms. The fraction of sp³-hybridized carbons (Fsp3) is 0.357. The van der Waals surface area contributed by atoms with Gasteiger partial charge in [0.1, 0.15) is 10.7 Å². The van der Waals surface area contributed by atoms with Crippen LogP contribution in [0.4, 0.5) is 0 Å². The zero-order valence-electron chi connectivity index (χ0n) is 11.5. The zero-order valence-corrected chi connectivity index (χ0v) is 12.3. The van der Waals surface area contributed by atoms with E-state index in [1.54, 1.807) is 0 Å². The van der Waals surface area contributed by atoms with Gasteiger partial charge in [-0.3, -0.25) is 9.36 Å². The highest BCUT2D eigenvalue weighted by molar-refractivity contribution is 7.17. The summed E-state index contributed by atoms with van der Waals surface area (Å²) in [6.07, 6.45) is 1.55. The number of carboxylic acids is 1. The van der Waals surface area contributed by atoms with Gasteiger partial charge in [0.25, 0.3) is 5.56 Å². The van der Waals surface area contributed by atoms with Crippen LogP contribution >= 0.6 is 11.3 Å². The largest absolute Gasteiger partial charge is 0.478 e. The summed E-state index contributed by atoms with van der Waals surface area (Å²) in [4.78, 5) is 28.7. The summed E-state index contributed by atoms with van der Waals surface area (Å²) in [5.74, 6) is -0.410. The molecule has 0 spiro atoms. The highest BCUT2D eigenvalue weighted by atomic mass is 32.1. The van der Waals surface area contributed by atoms with Crippen molar-refractivity contribution in [2.75, 3.05) is 0 Å². The van der Waals surface area contributed by atoms with E-state index in [1.165, 1.54) is 21.3 Å². The smallest absolute Gasteiger partial charge is 0.337 e. The summed E-state index contributed by atoms with van der Waals surface area (Å²) in [5, 5.41) is 10.8. The molecule has 0 aromatic carbocycles. The summed E-state index contributed by atoms with van der Waals surface area (Å²) in [6.45, 7) is 8.03. The molecule has 0 radical (unpaired) electrons. The molecule has 0 aliphatic rings. The molecule has 0 fully saturated rings. The molecule has 5 nitrogen and oxygen atoms in total. The number of hydrogen-bond acceptors (Lipinski definition) is 4. The third-order valence-corrected chi connectivity index (χ3v) is 3.78. The monoisotopic (exact) mass is 292 g/mol. The number of aryl methyl sites for hydroxylation is 1. The van der Waals surface area contributed by atoms with E-state index in [2.05, 4.69) is 11.6 Å². The second-order valence-electron chi connectivity index (χ2n) is 4.76. The number of nitrogens with zero attached hydrogens (tertiary/aromatic N) is 2. The van der Waals surface area contributed by atoms with Crippen molar-refractivity contribution in [2.24, 2.45) is 0 Å². The maximum absolute atomic E-state index is 12.6. The zero-order chi connectivity index (χ0) is 14.9. The molecule has 0 saturated heterocycles. The van der Waals surface area contributed by atoms with E-state index < -0.39 is 5.97 Å². The predicted octanol–water partition coefficient (Wildman–Crippen LogP) is 2.68. The minimum atomic E-state index is -1.10. The first kappa shape index (κ1) is 14.5. The van der Waals surface area contributed by atoms with Crippen LogP contribution < -0.4 is 5.56 Å². The first-order chi connectivity index (χ1) is 9.45. The average Bonchev–Trinajstić information content (AvgIpc) is 2.78. The van der Waals surface area contributed by atoms with Crippen molar-refractivity contribution in [3.05, 3.63) is 39.3 Å². The van der Waals surface area contributed by atoms with Gasteiger partial charge in [0.05, 0.1) is 10.9 Å². The van der Waals surface area contributed by atoms with Crippen molar-refractivity contribution in [3.63, 3.8) is 0 Å². The standard InChI is InChI=1S/C14H16N2O3S/c1-4-5-10-15-12-11(9(7-20-12)14(18)19)13(17)16(10)6-8(2)3/h7H,2,4-6H2,1,3H3,(H,18,19). The Balaban J connectivity index is 2.78. The lowest BCUT2D eigenvalue weighted by molar-refractivity contribution is 0.0699. The number of fused-ring (bicyclic) bond motifs is 1. The molecule has 2 aromatic rings. The van der Waals surface area contributed by atoms with Gasteiger partial charge in [0.15, 0.2) is 0 Å². The Labute approximate surface area is 120 Å². The Morgan fingerprint density at radius 2 is 2.25 bits per heavy atom. The van der Waals surface area contributed by atoms with Crippen LogP contribution in [0, 0.1) is 0 Å². The number of allylic oxidation sites excluding steroid dienone is 1. The third kappa shape index (κ3) is 2.51. The van der Waals surface area contributed by atoms with Crippen LogP contribution in [-0.4, -0.2) is 20.6 Å². The molecule has 1 N–H and O–H groups in total. The van der Waals surface area contributed by atoms with Crippen LogP contribution in [0.15, 0.2) is 22.3 Å². The van der Waals surface area contributed by atoms with Crippen LogP contribution in [0.1, 0.15) is 36.5 Å². The highest BCUT2D eigenvalue weighted by Gasteiger charge is 2.19. The first-order valence-corrected chi connectivity index (χ1v) is 7.22. The summed E-state index contributed by atoms with van der Waals surface area (Å²) < 4.78 is 1.54.